The normalized spacial score (nSPS) is 15.1. The van der Waals surface area contributed by atoms with Gasteiger partial charge in [-0.05, 0) is 25.8 Å². The minimum Gasteiger partial charge on any atom is -0.354 e. The second-order valence-corrected chi connectivity index (χ2v) is 3.76. The molecule has 0 aromatic carbocycles. The van der Waals surface area contributed by atoms with E-state index in [0.29, 0.717) is 18.9 Å². The zero-order chi connectivity index (χ0) is 10.3. The number of carbonyl (C=O) groups excluding carboxylic acids is 1. The first-order chi connectivity index (χ1) is 6.10. The number of nitrogens with one attached hydrogen (secondary N) is 1. The van der Waals surface area contributed by atoms with Crippen molar-refractivity contribution < 1.29 is 4.79 Å². The van der Waals surface area contributed by atoms with Crippen molar-refractivity contribution in [3.63, 3.8) is 0 Å². The van der Waals surface area contributed by atoms with Crippen LogP contribution in [0, 0.1) is 5.92 Å². The van der Waals surface area contributed by atoms with Crippen LogP contribution in [-0.4, -0.2) is 18.5 Å². The van der Waals surface area contributed by atoms with Crippen molar-refractivity contribution in [2.24, 2.45) is 11.7 Å². The van der Waals surface area contributed by atoms with E-state index in [4.69, 9.17) is 5.73 Å². The van der Waals surface area contributed by atoms with Gasteiger partial charge in [0.15, 0.2) is 0 Å². The summed E-state index contributed by atoms with van der Waals surface area (Å²) in [6.07, 6.45) is 2.54. The summed E-state index contributed by atoms with van der Waals surface area (Å²) in [6, 6.07) is 0.210. The fraction of sp³-hybridized carbons (Fsp3) is 0.900. The maximum atomic E-state index is 11.3. The van der Waals surface area contributed by atoms with E-state index in [-0.39, 0.29) is 11.9 Å². The highest BCUT2D eigenvalue weighted by Gasteiger charge is 2.09. The molecule has 0 fully saturated rings. The Balaban J connectivity index is 3.61. The number of nitrogens with two attached hydrogens (primary N) is 1. The second-order valence-electron chi connectivity index (χ2n) is 3.76. The molecule has 0 spiro atoms. The van der Waals surface area contributed by atoms with Gasteiger partial charge in [0.1, 0.15) is 0 Å². The van der Waals surface area contributed by atoms with Crippen molar-refractivity contribution in [1.82, 2.24) is 5.32 Å². The molecule has 0 aromatic heterocycles. The summed E-state index contributed by atoms with van der Waals surface area (Å²) >= 11 is 0. The third-order valence-corrected chi connectivity index (χ3v) is 2.24. The molecule has 0 aliphatic carbocycles. The zero-order valence-corrected chi connectivity index (χ0v) is 8.97. The van der Waals surface area contributed by atoms with Crippen molar-refractivity contribution in [2.75, 3.05) is 6.54 Å². The number of hydrogen-bond donors (Lipinski definition) is 2. The first-order valence-corrected chi connectivity index (χ1v) is 5.09. The number of rotatable bonds is 6. The highest BCUT2D eigenvalue weighted by Crippen LogP contribution is 2.05. The van der Waals surface area contributed by atoms with Crippen LogP contribution in [0.3, 0.4) is 0 Å². The lowest BCUT2D eigenvalue weighted by atomic mass is 10.0. The monoisotopic (exact) mass is 186 g/mol. The average Bonchev–Trinajstić information content (AvgIpc) is 2.04. The number of carbonyl (C=O) groups is 1. The van der Waals surface area contributed by atoms with Gasteiger partial charge in [-0.1, -0.05) is 20.3 Å². The summed E-state index contributed by atoms with van der Waals surface area (Å²) in [5.74, 6) is 0.625. The van der Waals surface area contributed by atoms with Gasteiger partial charge in [0.2, 0.25) is 5.91 Å². The molecule has 0 aliphatic heterocycles. The Morgan fingerprint density at radius 1 is 1.46 bits per heavy atom. The molecule has 0 radical (unpaired) electrons. The molecule has 2 unspecified atom stereocenters. The van der Waals surface area contributed by atoms with Crippen LogP contribution in [0.2, 0.25) is 0 Å². The highest BCUT2D eigenvalue weighted by molar-refractivity contribution is 5.76. The minimum atomic E-state index is 0.148. The molecule has 2 atom stereocenters. The lowest BCUT2D eigenvalue weighted by Crippen LogP contribution is -2.34. The third kappa shape index (κ3) is 6.58. The van der Waals surface area contributed by atoms with Crippen LogP contribution in [0.15, 0.2) is 0 Å². The molecule has 0 saturated heterocycles. The lowest BCUT2D eigenvalue weighted by Gasteiger charge is -2.14. The summed E-state index contributed by atoms with van der Waals surface area (Å²) in [7, 11) is 0. The Hall–Kier alpha value is -0.570. The minimum absolute atomic E-state index is 0.148. The van der Waals surface area contributed by atoms with E-state index in [1.165, 1.54) is 0 Å². The standard InChI is InChI=1S/C10H22N2O/c1-4-8(2)7-10(13)12-9(3)5-6-11/h8-9H,4-7,11H2,1-3H3,(H,12,13). The van der Waals surface area contributed by atoms with Crippen LogP contribution < -0.4 is 11.1 Å². The molecule has 1 amide bonds. The molecule has 0 saturated carbocycles. The van der Waals surface area contributed by atoms with Crippen molar-refractivity contribution in [3.05, 3.63) is 0 Å². The summed E-state index contributed by atoms with van der Waals surface area (Å²) in [4.78, 5) is 11.3. The van der Waals surface area contributed by atoms with E-state index in [0.717, 1.165) is 12.8 Å². The van der Waals surface area contributed by atoms with Gasteiger partial charge in [-0.3, -0.25) is 4.79 Å². The van der Waals surface area contributed by atoms with Gasteiger partial charge in [0.05, 0.1) is 0 Å². The van der Waals surface area contributed by atoms with Crippen LogP contribution in [0.5, 0.6) is 0 Å². The van der Waals surface area contributed by atoms with Crippen LogP contribution in [0.4, 0.5) is 0 Å². The first kappa shape index (κ1) is 12.4. The van der Waals surface area contributed by atoms with Crippen molar-refractivity contribution in [1.29, 1.82) is 0 Å². The molecule has 0 rings (SSSR count). The van der Waals surface area contributed by atoms with E-state index in [2.05, 4.69) is 19.2 Å². The van der Waals surface area contributed by atoms with Crippen LogP contribution >= 0.6 is 0 Å². The first-order valence-electron chi connectivity index (χ1n) is 5.09. The van der Waals surface area contributed by atoms with Gasteiger partial charge in [-0.2, -0.15) is 0 Å². The summed E-state index contributed by atoms with van der Waals surface area (Å²) < 4.78 is 0. The largest absolute Gasteiger partial charge is 0.354 e. The number of hydrogen-bond acceptors (Lipinski definition) is 2. The van der Waals surface area contributed by atoms with Crippen LogP contribution in [0.1, 0.15) is 40.0 Å². The maximum absolute atomic E-state index is 11.3. The molecule has 0 bridgehead atoms. The Labute approximate surface area is 81.1 Å². The van der Waals surface area contributed by atoms with Gasteiger partial charge in [0, 0.05) is 12.5 Å². The smallest absolute Gasteiger partial charge is 0.220 e. The van der Waals surface area contributed by atoms with Crippen LogP contribution in [0.25, 0.3) is 0 Å². The summed E-state index contributed by atoms with van der Waals surface area (Å²) in [6.45, 7) is 6.81. The fourth-order valence-corrected chi connectivity index (χ4v) is 1.12. The molecule has 0 aliphatic rings. The average molecular weight is 186 g/mol. The zero-order valence-electron chi connectivity index (χ0n) is 8.97. The molecule has 0 heterocycles. The molecule has 3 N–H and O–H groups in total. The van der Waals surface area contributed by atoms with Crippen molar-refractivity contribution >= 4 is 5.91 Å². The Morgan fingerprint density at radius 2 is 2.08 bits per heavy atom. The lowest BCUT2D eigenvalue weighted by molar-refractivity contribution is -0.122. The van der Waals surface area contributed by atoms with E-state index in [1.807, 2.05) is 6.92 Å². The van der Waals surface area contributed by atoms with E-state index in [1.54, 1.807) is 0 Å². The third-order valence-electron chi connectivity index (χ3n) is 2.24. The molecule has 3 heteroatoms. The predicted octanol–water partition coefficient (Wildman–Crippen LogP) is 1.28. The van der Waals surface area contributed by atoms with Crippen LogP contribution in [-0.2, 0) is 4.79 Å². The molecular weight excluding hydrogens is 164 g/mol. The van der Waals surface area contributed by atoms with Gasteiger partial charge < -0.3 is 11.1 Å². The molecule has 3 nitrogen and oxygen atoms in total. The van der Waals surface area contributed by atoms with Gasteiger partial charge in [-0.15, -0.1) is 0 Å². The van der Waals surface area contributed by atoms with Gasteiger partial charge in [0.25, 0.3) is 0 Å². The Bertz CT molecular complexity index is 148. The molecular formula is C10H22N2O. The summed E-state index contributed by atoms with van der Waals surface area (Å²) in [5, 5.41) is 2.93. The highest BCUT2D eigenvalue weighted by atomic mass is 16.1. The molecule has 13 heavy (non-hydrogen) atoms. The Morgan fingerprint density at radius 3 is 2.54 bits per heavy atom. The predicted molar refractivity (Wildman–Crippen MR) is 55.3 cm³/mol. The fourth-order valence-electron chi connectivity index (χ4n) is 1.12. The Kier molecular flexibility index (Phi) is 6.59. The number of amides is 1. The SMILES string of the molecule is CCC(C)CC(=O)NC(C)CCN. The summed E-state index contributed by atoms with van der Waals surface area (Å²) in [5.41, 5.74) is 5.38. The molecule has 0 aromatic rings. The maximum Gasteiger partial charge on any atom is 0.220 e. The van der Waals surface area contributed by atoms with Crippen molar-refractivity contribution in [3.8, 4) is 0 Å². The van der Waals surface area contributed by atoms with E-state index >= 15 is 0 Å². The van der Waals surface area contributed by atoms with E-state index in [9.17, 15) is 4.79 Å². The quantitative estimate of drug-likeness (QED) is 0.656. The molecule has 78 valence electrons. The van der Waals surface area contributed by atoms with Gasteiger partial charge in [-0.25, -0.2) is 0 Å². The van der Waals surface area contributed by atoms with Crippen molar-refractivity contribution in [2.45, 2.75) is 46.1 Å². The van der Waals surface area contributed by atoms with E-state index < -0.39 is 0 Å². The topological polar surface area (TPSA) is 55.1 Å². The second kappa shape index (κ2) is 6.89. The van der Waals surface area contributed by atoms with Gasteiger partial charge >= 0.3 is 0 Å².